The number of hydrogen-bond donors (Lipinski definition) is 1. The van der Waals surface area contributed by atoms with Crippen molar-refractivity contribution in [2.75, 3.05) is 40.5 Å². The number of fused-ring (bicyclic) bond motifs is 1. The number of likely N-dealkylation sites (tertiary alicyclic amines) is 1. The molecule has 11 heteroatoms. The van der Waals surface area contributed by atoms with Crippen molar-refractivity contribution in [2.45, 2.75) is 78.0 Å². The Kier molecular flexibility index (Phi) is 13.4. The maximum Gasteiger partial charge on any atom is 0.342 e. The third-order valence-electron chi connectivity index (χ3n) is 8.55. The molecule has 254 valence electrons. The maximum absolute atomic E-state index is 13.0. The smallest absolute Gasteiger partial charge is 0.342 e. The minimum atomic E-state index is -0.652. The molecule has 0 spiro atoms. The van der Waals surface area contributed by atoms with Crippen molar-refractivity contribution in [1.29, 1.82) is 0 Å². The van der Waals surface area contributed by atoms with Crippen LogP contribution in [0.15, 0.2) is 42.0 Å². The largest absolute Gasteiger partial charge is 0.496 e. The Morgan fingerprint density at radius 3 is 2.53 bits per heavy atom. The SMILES string of the molecule is COc1c(C)c2c(c(OC(=O)CCC(=O)NCc3ccccc3)c1C/C=C(\C)CCC(=O)OCCCN1CC[C@@H](OC)C1)C(=O)OC2. The van der Waals surface area contributed by atoms with Gasteiger partial charge in [-0.05, 0) is 50.7 Å². The second kappa shape index (κ2) is 17.6. The van der Waals surface area contributed by atoms with Gasteiger partial charge in [-0.2, -0.15) is 0 Å². The molecule has 0 radical (unpaired) electrons. The summed E-state index contributed by atoms with van der Waals surface area (Å²) >= 11 is 0. The van der Waals surface area contributed by atoms with E-state index in [4.69, 9.17) is 23.7 Å². The Morgan fingerprint density at radius 1 is 1.04 bits per heavy atom. The number of carbonyl (C=O) groups excluding carboxylic acids is 4. The van der Waals surface area contributed by atoms with E-state index in [1.54, 1.807) is 7.11 Å². The Bertz CT molecular complexity index is 1450. The first-order valence-electron chi connectivity index (χ1n) is 16.2. The number of benzene rings is 2. The molecular formula is C36H46N2O9. The molecule has 2 aliphatic rings. The van der Waals surface area contributed by atoms with Gasteiger partial charge in [0.05, 0.1) is 26.2 Å². The van der Waals surface area contributed by atoms with E-state index in [1.165, 1.54) is 7.11 Å². The third-order valence-corrected chi connectivity index (χ3v) is 8.55. The second-order valence-electron chi connectivity index (χ2n) is 11.9. The normalized spacial score (nSPS) is 16.0. The molecule has 1 fully saturated rings. The number of esters is 3. The highest BCUT2D eigenvalue weighted by molar-refractivity contribution is 5.99. The van der Waals surface area contributed by atoms with Gasteiger partial charge in [0.25, 0.3) is 0 Å². The Hall–Kier alpha value is -4.22. The molecule has 0 saturated carbocycles. The first kappa shape index (κ1) is 35.6. The lowest BCUT2D eigenvalue weighted by Crippen LogP contribution is -2.25. The highest BCUT2D eigenvalue weighted by Crippen LogP contribution is 2.43. The van der Waals surface area contributed by atoms with Gasteiger partial charge in [0, 0.05) is 57.3 Å². The van der Waals surface area contributed by atoms with Crippen LogP contribution in [-0.4, -0.2) is 75.3 Å². The van der Waals surface area contributed by atoms with Crippen LogP contribution in [0.1, 0.15) is 78.1 Å². The quantitative estimate of drug-likeness (QED) is 0.112. The van der Waals surface area contributed by atoms with Crippen LogP contribution in [0.4, 0.5) is 0 Å². The van der Waals surface area contributed by atoms with Crippen molar-refractivity contribution in [2.24, 2.45) is 0 Å². The van der Waals surface area contributed by atoms with E-state index >= 15 is 0 Å². The zero-order valence-corrected chi connectivity index (χ0v) is 27.9. The molecule has 0 aliphatic carbocycles. The first-order chi connectivity index (χ1) is 22.7. The van der Waals surface area contributed by atoms with Crippen molar-refractivity contribution in [1.82, 2.24) is 10.2 Å². The standard InChI is InChI=1S/C36H46N2O9/c1-24(12-15-31(40)45-20-8-18-38-19-17-27(22-38)43-3)11-13-28-34(44-4)25(2)29-23-46-36(42)33(29)35(28)47-32(41)16-14-30(39)37-21-26-9-6-5-7-10-26/h5-7,9-11,27H,8,12-23H2,1-4H3,(H,37,39)/b24-11+/t27-/m1/s1. The zero-order chi connectivity index (χ0) is 33.8. The molecule has 2 aromatic rings. The molecule has 1 saturated heterocycles. The lowest BCUT2D eigenvalue weighted by molar-refractivity contribution is -0.143. The predicted octanol–water partition coefficient (Wildman–Crippen LogP) is 4.60. The van der Waals surface area contributed by atoms with Crippen LogP contribution in [0.5, 0.6) is 11.5 Å². The summed E-state index contributed by atoms with van der Waals surface area (Å²) in [5, 5.41) is 2.80. The van der Waals surface area contributed by atoms with E-state index in [0.29, 0.717) is 36.4 Å². The molecule has 11 nitrogen and oxygen atoms in total. The van der Waals surface area contributed by atoms with Crippen molar-refractivity contribution in [3.05, 3.63) is 69.8 Å². The van der Waals surface area contributed by atoms with Gasteiger partial charge in [0.1, 0.15) is 17.9 Å². The summed E-state index contributed by atoms with van der Waals surface area (Å²) in [6, 6.07) is 9.47. The summed E-state index contributed by atoms with van der Waals surface area (Å²) < 4.78 is 27.7. The number of nitrogens with zero attached hydrogens (tertiary/aromatic N) is 1. The fraction of sp³-hybridized carbons (Fsp3) is 0.500. The number of allylic oxidation sites excluding steroid dienone is 2. The van der Waals surface area contributed by atoms with Crippen LogP contribution >= 0.6 is 0 Å². The van der Waals surface area contributed by atoms with Crippen LogP contribution in [0, 0.1) is 6.92 Å². The monoisotopic (exact) mass is 650 g/mol. The molecule has 2 heterocycles. The van der Waals surface area contributed by atoms with E-state index in [9.17, 15) is 19.2 Å². The van der Waals surface area contributed by atoms with Gasteiger partial charge in [-0.3, -0.25) is 14.4 Å². The number of rotatable bonds is 17. The van der Waals surface area contributed by atoms with Gasteiger partial charge in [-0.1, -0.05) is 42.0 Å². The Morgan fingerprint density at radius 2 is 1.81 bits per heavy atom. The van der Waals surface area contributed by atoms with Crippen molar-refractivity contribution < 1.29 is 42.9 Å². The Labute approximate surface area is 276 Å². The van der Waals surface area contributed by atoms with Crippen LogP contribution in [0.2, 0.25) is 0 Å². The van der Waals surface area contributed by atoms with E-state index in [1.807, 2.05) is 50.3 Å². The average Bonchev–Trinajstić information content (AvgIpc) is 3.71. The van der Waals surface area contributed by atoms with Gasteiger partial charge in [0.2, 0.25) is 5.91 Å². The highest BCUT2D eigenvalue weighted by atomic mass is 16.6. The third kappa shape index (κ3) is 10.1. The number of hydrogen-bond acceptors (Lipinski definition) is 10. The number of methoxy groups -OCH3 is 2. The summed E-state index contributed by atoms with van der Waals surface area (Å²) in [7, 11) is 3.25. The van der Waals surface area contributed by atoms with Gasteiger partial charge < -0.3 is 33.9 Å². The van der Waals surface area contributed by atoms with Gasteiger partial charge in [-0.15, -0.1) is 0 Å². The van der Waals surface area contributed by atoms with E-state index < -0.39 is 11.9 Å². The lowest BCUT2D eigenvalue weighted by atomic mass is 9.94. The summed E-state index contributed by atoms with van der Waals surface area (Å²) in [5.41, 5.74) is 3.92. The maximum atomic E-state index is 13.0. The van der Waals surface area contributed by atoms with Crippen molar-refractivity contribution in [3.63, 3.8) is 0 Å². The van der Waals surface area contributed by atoms with Crippen LogP contribution in [0.3, 0.4) is 0 Å². The number of nitrogens with one attached hydrogen (secondary N) is 1. The molecule has 0 unspecified atom stereocenters. The molecule has 0 aromatic heterocycles. The van der Waals surface area contributed by atoms with E-state index in [0.717, 1.165) is 49.2 Å². The molecule has 2 aliphatic heterocycles. The minimum Gasteiger partial charge on any atom is -0.496 e. The number of carbonyl (C=O) groups is 4. The van der Waals surface area contributed by atoms with E-state index in [2.05, 4.69) is 10.2 Å². The van der Waals surface area contributed by atoms with Crippen LogP contribution in [-0.2, 0) is 48.2 Å². The second-order valence-corrected chi connectivity index (χ2v) is 11.9. The molecule has 1 amide bonds. The van der Waals surface area contributed by atoms with Gasteiger partial charge >= 0.3 is 17.9 Å². The summed E-state index contributed by atoms with van der Waals surface area (Å²) in [4.78, 5) is 52.9. The van der Waals surface area contributed by atoms with Gasteiger partial charge in [-0.25, -0.2) is 4.79 Å². The summed E-state index contributed by atoms with van der Waals surface area (Å²) in [6.45, 7) is 7.30. The molecule has 4 rings (SSSR count). The number of ether oxygens (including phenoxy) is 5. The minimum absolute atomic E-state index is 0.0474. The fourth-order valence-electron chi connectivity index (χ4n) is 5.80. The molecule has 1 atom stereocenters. The molecule has 2 aromatic carbocycles. The summed E-state index contributed by atoms with van der Waals surface area (Å²) in [6.07, 6.45) is 4.77. The molecular weight excluding hydrogens is 604 g/mol. The summed E-state index contributed by atoms with van der Waals surface area (Å²) in [5.74, 6) is -1.21. The molecule has 47 heavy (non-hydrogen) atoms. The van der Waals surface area contributed by atoms with E-state index in [-0.39, 0.29) is 61.6 Å². The van der Waals surface area contributed by atoms with Gasteiger partial charge in [0.15, 0.2) is 5.75 Å². The van der Waals surface area contributed by atoms with Crippen molar-refractivity contribution >= 4 is 23.8 Å². The average molecular weight is 651 g/mol. The predicted molar refractivity (Wildman–Crippen MR) is 174 cm³/mol. The number of amides is 1. The van der Waals surface area contributed by atoms with Crippen LogP contribution in [0.25, 0.3) is 0 Å². The number of cyclic esters (lactones) is 1. The van der Waals surface area contributed by atoms with Crippen molar-refractivity contribution in [3.8, 4) is 11.5 Å². The molecule has 0 bridgehead atoms. The fourth-order valence-corrected chi connectivity index (χ4v) is 5.80. The molecule has 1 N–H and O–H groups in total. The Balaban J connectivity index is 1.34. The zero-order valence-electron chi connectivity index (χ0n) is 27.9. The first-order valence-corrected chi connectivity index (χ1v) is 16.2. The highest BCUT2D eigenvalue weighted by Gasteiger charge is 2.34. The lowest BCUT2D eigenvalue weighted by Gasteiger charge is -2.19. The van der Waals surface area contributed by atoms with Crippen LogP contribution < -0.4 is 14.8 Å². The topological polar surface area (TPSA) is 130 Å².